The summed E-state index contributed by atoms with van der Waals surface area (Å²) in [5.41, 5.74) is 0. The van der Waals surface area contributed by atoms with E-state index in [-0.39, 0.29) is 0 Å². The molecule has 1 heterocycles. The van der Waals surface area contributed by atoms with Crippen molar-refractivity contribution < 1.29 is 0 Å². The van der Waals surface area contributed by atoms with Gasteiger partial charge in [-0.3, -0.25) is 4.99 Å². The highest BCUT2D eigenvalue weighted by molar-refractivity contribution is 8.13. The minimum absolute atomic E-state index is 0.602. The lowest BCUT2D eigenvalue weighted by atomic mass is 10.0. The summed E-state index contributed by atoms with van der Waals surface area (Å²) in [6, 6.07) is 1.31. The number of hydrogen-bond acceptors (Lipinski definition) is 2. The van der Waals surface area contributed by atoms with Gasteiger partial charge in [0.2, 0.25) is 0 Å². The quantitative estimate of drug-likeness (QED) is 0.774. The molecule has 0 aromatic carbocycles. The van der Waals surface area contributed by atoms with Crippen LogP contribution in [0.4, 0.5) is 0 Å². The second-order valence-electron chi connectivity index (χ2n) is 6.63. The van der Waals surface area contributed by atoms with Gasteiger partial charge in [-0.25, -0.2) is 0 Å². The van der Waals surface area contributed by atoms with E-state index in [4.69, 9.17) is 4.99 Å². The first-order valence-corrected chi connectivity index (χ1v) is 8.19. The second-order valence-corrected chi connectivity index (χ2v) is 7.64. The van der Waals surface area contributed by atoms with Gasteiger partial charge in [-0.05, 0) is 55.8 Å². The maximum absolute atomic E-state index is 5.03. The van der Waals surface area contributed by atoms with E-state index in [0.717, 1.165) is 29.6 Å². The van der Waals surface area contributed by atoms with Gasteiger partial charge in [0.25, 0.3) is 0 Å². The van der Waals surface area contributed by atoms with Crippen molar-refractivity contribution in [2.45, 2.75) is 45.2 Å². The molecule has 0 amide bonds. The van der Waals surface area contributed by atoms with Crippen molar-refractivity contribution in [2.24, 2.45) is 34.6 Å². The molecule has 2 nitrogen and oxygen atoms in total. The fraction of sp³-hybridized carbons (Fsp3) is 0.929. The number of nitrogens with zero attached hydrogens (tertiary/aromatic N) is 1. The van der Waals surface area contributed by atoms with E-state index in [0.29, 0.717) is 12.1 Å². The molecule has 6 atom stereocenters. The molecule has 0 radical (unpaired) electrons. The van der Waals surface area contributed by atoms with E-state index in [1.807, 2.05) is 11.8 Å². The van der Waals surface area contributed by atoms with Crippen molar-refractivity contribution in [3.8, 4) is 0 Å². The van der Waals surface area contributed by atoms with Crippen LogP contribution >= 0.6 is 11.8 Å². The number of hydrogen-bond donors (Lipinski definition) is 1. The first-order chi connectivity index (χ1) is 8.24. The highest BCUT2D eigenvalue weighted by Crippen LogP contribution is 2.67. The van der Waals surface area contributed by atoms with Crippen LogP contribution in [0.25, 0.3) is 0 Å². The Morgan fingerprint density at radius 3 is 2.53 bits per heavy atom. The minimum Gasteiger partial charge on any atom is -0.362 e. The Morgan fingerprint density at radius 1 is 1.18 bits per heavy atom. The van der Waals surface area contributed by atoms with E-state index >= 15 is 0 Å². The van der Waals surface area contributed by atoms with Crippen LogP contribution < -0.4 is 5.32 Å². The molecule has 94 valence electrons. The van der Waals surface area contributed by atoms with Crippen molar-refractivity contribution in [3.63, 3.8) is 0 Å². The molecule has 1 N–H and O–H groups in total. The lowest BCUT2D eigenvalue weighted by molar-refractivity contribution is 0.456. The molecule has 1 saturated heterocycles. The smallest absolute Gasteiger partial charge is 0.157 e. The molecule has 4 fully saturated rings. The normalized spacial score (nSPS) is 58.0. The van der Waals surface area contributed by atoms with E-state index in [1.165, 1.54) is 30.2 Å². The van der Waals surface area contributed by atoms with E-state index < -0.39 is 0 Å². The first-order valence-electron chi connectivity index (χ1n) is 7.21. The van der Waals surface area contributed by atoms with Gasteiger partial charge in [-0.2, -0.15) is 0 Å². The third kappa shape index (κ3) is 1.57. The summed E-state index contributed by atoms with van der Waals surface area (Å²) in [7, 11) is 0. The van der Waals surface area contributed by atoms with Gasteiger partial charge < -0.3 is 5.32 Å². The molecule has 0 aromatic heterocycles. The number of nitrogens with one attached hydrogen (secondary N) is 1. The average molecular weight is 250 g/mol. The minimum atomic E-state index is 0.602. The largest absolute Gasteiger partial charge is 0.362 e. The van der Waals surface area contributed by atoms with Crippen LogP contribution in [-0.4, -0.2) is 23.0 Å². The highest BCUT2D eigenvalue weighted by atomic mass is 32.2. The summed E-state index contributed by atoms with van der Waals surface area (Å²) in [6.07, 6.45) is 4.53. The van der Waals surface area contributed by atoms with E-state index in [9.17, 15) is 0 Å². The Labute approximate surface area is 108 Å². The zero-order valence-corrected chi connectivity index (χ0v) is 11.5. The Hall–Kier alpha value is -0.180. The molecule has 1 aliphatic heterocycles. The maximum atomic E-state index is 5.03. The second kappa shape index (κ2) is 3.66. The monoisotopic (exact) mass is 250 g/mol. The van der Waals surface area contributed by atoms with Gasteiger partial charge in [0, 0.05) is 11.8 Å². The number of aliphatic imine (C=N–C) groups is 1. The Balaban J connectivity index is 1.45. The molecule has 3 aliphatic carbocycles. The Kier molecular flexibility index (Phi) is 2.31. The van der Waals surface area contributed by atoms with Crippen LogP contribution in [0.2, 0.25) is 0 Å². The summed E-state index contributed by atoms with van der Waals surface area (Å²) in [6.45, 7) is 4.62. The summed E-state index contributed by atoms with van der Waals surface area (Å²) in [4.78, 5) is 5.03. The van der Waals surface area contributed by atoms with Crippen LogP contribution in [0, 0.1) is 29.6 Å². The maximum Gasteiger partial charge on any atom is 0.157 e. The van der Waals surface area contributed by atoms with E-state index in [2.05, 4.69) is 19.2 Å². The number of amidine groups is 1. The summed E-state index contributed by atoms with van der Waals surface area (Å²) in [5.74, 6) is 6.07. The number of rotatable bonds is 1. The first kappa shape index (κ1) is 10.7. The lowest BCUT2D eigenvalue weighted by Gasteiger charge is -2.28. The SMILES string of the molecule is CC1CSC(=NC2C3C4CCC(C4)C23)NC1C. The van der Waals surface area contributed by atoms with E-state index in [1.54, 1.807) is 0 Å². The highest BCUT2D eigenvalue weighted by Gasteiger charge is 2.65. The molecule has 3 heteroatoms. The van der Waals surface area contributed by atoms with Crippen molar-refractivity contribution in [3.05, 3.63) is 0 Å². The average Bonchev–Trinajstić information content (AvgIpc) is 2.73. The molecular formula is C14H22N2S. The van der Waals surface area contributed by atoms with Gasteiger partial charge in [0.15, 0.2) is 5.17 Å². The standard InChI is InChI=1S/C14H22N2S/c1-7-6-17-14(15-8(7)2)16-13-11-9-3-4-10(5-9)12(11)13/h7-13H,3-6H2,1-2H3,(H,15,16). The summed E-state index contributed by atoms with van der Waals surface area (Å²) >= 11 is 1.94. The van der Waals surface area contributed by atoms with Crippen LogP contribution in [0.3, 0.4) is 0 Å². The fourth-order valence-electron chi connectivity index (χ4n) is 4.40. The van der Waals surface area contributed by atoms with Crippen LogP contribution in [0.1, 0.15) is 33.1 Å². The van der Waals surface area contributed by atoms with Gasteiger partial charge in [0.05, 0.1) is 6.04 Å². The lowest BCUT2D eigenvalue weighted by Crippen LogP contribution is -2.41. The summed E-state index contributed by atoms with van der Waals surface area (Å²) in [5, 5.41) is 4.83. The Morgan fingerprint density at radius 2 is 1.88 bits per heavy atom. The third-order valence-corrected chi connectivity index (χ3v) is 6.84. The molecule has 6 unspecified atom stereocenters. The molecule has 2 bridgehead atoms. The molecule has 17 heavy (non-hydrogen) atoms. The van der Waals surface area contributed by atoms with Gasteiger partial charge in [-0.15, -0.1) is 0 Å². The molecule has 3 saturated carbocycles. The van der Waals surface area contributed by atoms with Crippen molar-refractivity contribution in [1.29, 1.82) is 0 Å². The van der Waals surface area contributed by atoms with Crippen molar-refractivity contribution >= 4 is 16.9 Å². The predicted molar refractivity (Wildman–Crippen MR) is 73.3 cm³/mol. The Bertz CT molecular complexity index is 351. The predicted octanol–water partition coefficient (Wildman–Crippen LogP) is 2.75. The van der Waals surface area contributed by atoms with Gasteiger partial charge in [0.1, 0.15) is 0 Å². The van der Waals surface area contributed by atoms with Gasteiger partial charge in [-0.1, -0.05) is 18.7 Å². The van der Waals surface area contributed by atoms with Crippen LogP contribution in [0.15, 0.2) is 4.99 Å². The number of fused-ring (bicyclic) bond motifs is 5. The fourth-order valence-corrected chi connectivity index (χ4v) is 5.57. The van der Waals surface area contributed by atoms with Crippen LogP contribution in [0.5, 0.6) is 0 Å². The third-order valence-electron chi connectivity index (χ3n) is 5.65. The zero-order valence-electron chi connectivity index (χ0n) is 10.7. The molecule has 0 spiro atoms. The zero-order chi connectivity index (χ0) is 11.6. The van der Waals surface area contributed by atoms with Crippen molar-refractivity contribution in [1.82, 2.24) is 5.32 Å². The molecule has 4 aliphatic rings. The van der Waals surface area contributed by atoms with Crippen molar-refractivity contribution in [2.75, 3.05) is 5.75 Å². The molecule has 0 aromatic rings. The molecule has 4 rings (SSSR count). The topological polar surface area (TPSA) is 24.4 Å². The van der Waals surface area contributed by atoms with Crippen LogP contribution in [-0.2, 0) is 0 Å². The summed E-state index contributed by atoms with van der Waals surface area (Å²) < 4.78 is 0. The molecular weight excluding hydrogens is 228 g/mol. The van der Waals surface area contributed by atoms with Gasteiger partial charge >= 0.3 is 0 Å². The number of thioether (sulfide) groups is 1.